The molecule has 1 aliphatic rings. The molecule has 1 aliphatic heterocycles. The number of nitrogens with one attached hydrogen (secondary N) is 2. The topological polar surface area (TPSA) is 95.9 Å². The van der Waals surface area contributed by atoms with Crippen molar-refractivity contribution in [2.24, 2.45) is 0 Å². The largest absolute Gasteiger partial charge is 0.333 e. The molecule has 0 saturated carbocycles. The molecule has 2 aromatic rings. The summed E-state index contributed by atoms with van der Waals surface area (Å²) in [6, 6.07) is 3.62. The van der Waals surface area contributed by atoms with Crippen LogP contribution in [0.5, 0.6) is 0 Å². The van der Waals surface area contributed by atoms with Gasteiger partial charge in [0.1, 0.15) is 11.6 Å². The van der Waals surface area contributed by atoms with Gasteiger partial charge in [0.25, 0.3) is 0 Å². The maximum absolute atomic E-state index is 12.3. The second-order valence-corrected chi connectivity index (χ2v) is 5.70. The number of anilines is 2. The number of amides is 1. The van der Waals surface area contributed by atoms with E-state index in [0.717, 1.165) is 25.1 Å². The number of carbonyl (C=O) groups excluding carboxylic acids is 1. The monoisotopic (exact) mass is 327 g/mol. The number of carbonyl (C=O) groups is 1. The van der Waals surface area contributed by atoms with Crippen molar-refractivity contribution in [3.63, 3.8) is 0 Å². The van der Waals surface area contributed by atoms with Crippen LogP contribution < -0.4 is 10.6 Å². The molecule has 3 rings (SSSR count). The lowest BCUT2D eigenvalue weighted by molar-refractivity contribution is -0.131. The van der Waals surface area contributed by atoms with Gasteiger partial charge in [-0.1, -0.05) is 0 Å². The van der Waals surface area contributed by atoms with Crippen LogP contribution in [0.25, 0.3) is 0 Å². The maximum atomic E-state index is 12.3. The van der Waals surface area contributed by atoms with Gasteiger partial charge in [0.15, 0.2) is 0 Å². The number of likely N-dealkylation sites (tertiary alicyclic amines) is 1. The third-order valence-corrected chi connectivity index (χ3v) is 3.91. The van der Waals surface area contributed by atoms with E-state index in [2.05, 4.69) is 30.6 Å². The van der Waals surface area contributed by atoms with Crippen molar-refractivity contribution >= 4 is 17.7 Å². The van der Waals surface area contributed by atoms with Crippen molar-refractivity contribution < 1.29 is 4.79 Å². The van der Waals surface area contributed by atoms with Crippen LogP contribution in [0.1, 0.15) is 30.4 Å². The Hall–Kier alpha value is -2.61. The van der Waals surface area contributed by atoms with Crippen LogP contribution in [-0.4, -0.2) is 50.9 Å². The molecule has 0 radical (unpaired) electrons. The molecule has 0 spiro atoms. The zero-order chi connectivity index (χ0) is 16.9. The van der Waals surface area contributed by atoms with E-state index in [1.807, 2.05) is 17.9 Å². The highest BCUT2D eigenvalue weighted by molar-refractivity contribution is 5.79. The molecule has 1 amide bonds. The fraction of sp³-hybridized carbons (Fsp3) is 0.438. The lowest BCUT2D eigenvalue weighted by Gasteiger charge is -2.24. The Labute approximate surface area is 140 Å². The molecular formula is C16H21N7O. The first-order valence-corrected chi connectivity index (χ1v) is 8.01. The number of likely N-dealkylation sites (N-methyl/N-ethyl adjacent to an activating group) is 1. The summed E-state index contributed by atoms with van der Waals surface area (Å²) < 4.78 is 0. The minimum atomic E-state index is -0.00945. The number of hydrogen-bond acceptors (Lipinski definition) is 7. The predicted molar refractivity (Wildman–Crippen MR) is 89.7 cm³/mol. The fourth-order valence-corrected chi connectivity index (χ4v) is 2.93. The summed E-state index contributed by atoms with van der Waals surface area (Å²) in [6.45, 7) is 2.94. The van der Waals surface area contributed by atoms with Gasteiger partial charge in [-0.2, -0.15) is 0 Å². The summed E-state index contributed by atoms with van der Waals surface area (Å²) in [5.74, 6) is 1.86. The van der Waals surface area contributed by atoms with Gasteiger partial charge >= 0.3 is 0 Å². The quantitative estimate of drug-likeness (QED) is 0.852. The molecule has 0 aliphatic carbocycles. The normalized spacial score (nSPS) is 17.1. The van der Waals surface area contributed by atoms with Gasteiger partial charge in [-0.25, -0.2) is 19.9 Å². The van der Waals surface area contributed by atoms with Crippen molar-refractivity contribution in [1.29, 1.82) is 0 Å². The van der Waals surface area contributed by atoms with Gasteiger partial charge in [0.05, 0.1) is 18.3 Å². The molecule has 1 unspecified atom stereocenters. The van der Waals surface area contributed by atoms with Crippen molar-refractivity contribution in [3.05, 3.63) is 36.0 Å². The minimum absolute atomic E-state index is 0.00945. The Bertz CT molecular complexity index is 707. The van der Waals surface area contributed by atoms with Crippen LogP contribution in [0.3, 0.4) is 0 Å². The lowest BCUT2D eigenvalue weighted by Crippen LogP contribution is -2.37. The molecule has 0 aromatic carbocycles. The van der Waals surface area contributed by atoms with E-state index in [1.54, 1.807) is 25.5 Å². The fourth-order valence-electron chi connectivity index (χ4n) is 2.93. The Kier molecular flexibility index (Phi) is 4.95. The van der Waals surface area contributed by atoms with Gasteiger partial charge in [0.2, 0.25) is 11.9 Å². The summed E-state index contributed by atoms with van der Waals surface area (Å²) in [6.07, 6.45) is 5.22. The molecule has 8 nitrogen and oxygen atoms in total. The van der Waals surface area contributed by atoms with E-state index in [9.17, 15) is 4.79 Å². The van der Waals surface area contributed by atoms with Crippen LogP contribution in [-0.2, 0) is 4.79 Å². The van der Waals surface area contributed by atoms with Crippen molar-refractivity contribution in [2.75, 3.05) is 25.5 Å². The minimum Gasteiger partial charge on any atom is -0.333 e. The second-order valence-electron chi connectivity index (χ2n) is 5.70. The number of aryl methyl sites for hydroxylation is 1. The number of nitrogens with zero attached hydrogens (tertiary/aromatic N) is 5. The first kappa shape index (κ1) is 16.3. The van der Waals surface area contributed by atoms with Crippen molar-refractivity contribution in [1.82, 2.24) is 30.2 Å². The van der Waals surface area contributed by atoms with E-state index < -0.39 is 0 Å². The van der Waals surface area contributed by atoms with E-state index in [1.165, 1.54) is 0 Å². The molecular weight excluding hydrogens is 306 g/mol. The highest BCUT2D eigenvalue weighted by atomic mass is 16.2. The summed E-state index contributed by atoms with van der Waals surface area (Å²) >= 11 is 0. The van der Waals surface area contributed by atoms with Gasteiger partial charge in [-0.15, -0.1) is 0 Å². The molecule has 24 heavy (non-hydrogen) atoms. The summed E-state index contributed by atoms with van der Waals surface area (Å²) in [7, 11) is 1.78. The Balaban J connectivity index is 1.84. The van der Waals surface area contributed by atoms with E-state index in [-0.39, 0.29) is 11.9 Å². The molecule has 0 bridgehead atoms. The van der Waals surface area contributed by atoms with Crippen LogP contribution in [0, 0.1) is 6.92 Å². The van der Waals surface area contributed by atoms with Crippen molar-refractivity contribution in [2.45, 2.75) is 25.8 Å². The van der Waals surface area contributed by atoms with Gasteiger partial charge < -0.3 is 15.5 Å². The number of rotatable bonds is 5. The van der Waals surface area contributed by atoms with Gasteiger partial charge in [-0.3, -0.25) is 4.79 Å². The highest BCUT2D eigenvalue weighted by Crippen LogP contribution is 2.31. The zero-order valence-corrected chi connectivity index (χ0v) is 13.9. The van der Waals surface area contributed by atoms with E-state index in [0.29, 0.717) is 24.1 Å². The molecule has 1 fully saturated rings. The Morgan fingerprint density at radius 3 is 2.88 bits per heavy atom. The van der Waals surface area contributed by atoms with Gasteiger partial charge in [-0.05, 0) is 32.9 Å². The number of hydrogen-bond donors (Lipinski definition) is 2. The smallest absolute Gasteiger partial charge is 0.237 e. The molecule has 1 saturated heterocycles. The molecule has 2 N–H and O–H groups in total. The summed E-state index contributed by atoms with van der Waals surface area (Å²) in [5.41, 5.74) is 0.850. The summed E-state index contributed by atoms with van der Waals surface area (Å²) in [5, 5.41) is 6.01. The average molecular weight is 327 g/mol. The molecule has 2 aromatic heterocycles. The molecule has 126 valence electrons. The van der Waals surface area contributed by atoms with Gasteiger partial charge in [0, 0.05) is 25.0 Å². The van der Waals surface area contributed by atoms with E-state index >= 15 is 0 Å². The Morgan fingerprint density at radius 2 is 2.12 bits per heavy atom. The lowest BCUT2D eigenvalue weighted by atomic mass is 10.1. The predicted octanol–water partition coefficient (Wildman–Crippen LogP) is 1.20. The Morgan fingerprint density at radius 1 is 1.33 bits per heavy atom. The number of aromatic nitrogens is 4. The third-order valence-electron chi connectivity index (χ3n) is 3.91. The standard InChI is InChI=1S/C16H21N7O/c1-11-20-12(13-5-3-8-23(13)15(24)10-17-2)9-14(21-11)22-16-18-6-4-7-19-16/h4,6-7,9,13,17H,3,5,8,10H2,1-2H3,(H,18,19,20,21,22). The van der Waals surface area contributed by atoms with Crippen LogP contribution in [0.4, 0.5) is 11.8 Å². The average Bonchev–Trinajstić information content (AvgIpc) is 3.05. The molecule has 1 atom stereocenters. The highest BCUT2D eigenvalue weighted by Gasteiger charge is 2.31. The van der Waals surface area contributed by atoms with Crippen LogP contribution in [0.2, 0.25) is 0 Å². The van der Waals surface area contributed by atoms with Crippen LogP contribution in [0.15, 0.2) is 24.5 Å². The first-order valence-electron chi connectivity index (χ1n) is 8.01. The zero-order valence-electron chi connectivity index (χ0n) is 13.9. The van der Waals surface area contributed by atoms with E-state index in [4.69, 9.17) is 0 Å². The molecule has 3 heterocycles. The SMILES string of the molecule is CNCC(=O)N1CCCC1c1cc(Nc2ncccn2)nc(C)n1. The second kappa shape index (κ2) is 7.31. The maximum Gasteiger partial charge on any atom is 0.237 e. The first-order chi connectivity index (χ1) is 11.7. The summed E-state index contributed by atoms with van der Waals surface area (Å²) in [4.78, 5) is 31.4. The molecule has 8 heteroatoms. The third kappa shape index (κ3) is 3.65. The van der Waals surface area contributed by atoms with Crippen molar-refractivity contribution in [3.8, 4) is 0 Å². The van der Waals surface area contributed by atoms with Crippen LogP contribution >= 0.6 is 0 Å².